The van der Waals surface area contributed by atoms with Crippen LogP contribution in [0.25, 0.3) is 0 Å². The number of methoxy groups -OCH3 is 1. The van der Waals surface area contributed by atoms with Crippen molar-refractivity contribution in [3.63, 3.8) is 0 Å². The molecule has 0 aromatic heterocycles. The Balaban J connectivity index is 2.64. The van der Waals surface area contributed by atoms with Gasteiger partial charge in [0.15, 0.2) is 11.5 Å². The van der Waals surface area contributed by atoms with Crippen LogP contribution in [0, 0.1) is 0 Å². The molecule has 0 radical (unpaired) electrons. The second-order valence-corrected chi connectivity index (χ2v) is 4.82. The van der Waals surface area contributed by atoms with Crippen molar-refractivity contribution in [2.45, 2.75) is 39.7 Å². The Hall–Kier alpha value is -0.930. The van der Waals surface area contributed by atoms with E-state index in [-0.39, 0.29) is 0 Å². The number of benzene rings is 1. The third kappa shape index (κ3) is 5.29. The zero-order valence-electron chi connectivity index (χ0n) is 12.1. The maximum atomic E-state index is 6.24. The van der Waals surface area contributed by atoms with Gasteiger partial charge in [-0.05, 0) is 31.5 Å². The first-order chi connectivity index (χ1) is 9.22. The molecule has 0 saturated carbocycles. The van der Waals surface area contributed by atoms with Crippen LogP contribution < -0.4 is 14.8 Å². The Morgan fingerprint density at radius 1 is 1.16 bits per heavy atom. The molecule has 1 N–H and O–H groups in total. The molecule has 0 aliphatic carbocycles. The monoisotopic (exact) mass is 285 g/mol. The van der Waals surface area contributed by atoms with Crippen LogP contribution in [0.2, 0.25) is 5.02 Å². The first-order valence-electron chi connectivity index (χ1n) is 6.92. The highest BCUT2D eigenvalue weighted by Crippen LogP contribution is 2.33. The first-order valence-corrected chi connectivity index (χ1v) is 7.30. The van der Waals surface area contributed by atoms with Gasteiger partial charge in [-0.2, -0.15) is 0 Å². The summed E-state index contributed by atoms with van der Waals surface area (Å²) in [7, 11) is 1.62. The molecule has 0 amide bonds. The quantitative estimate of drug-likeness (QED) is 0.695. The largest absolute Gasteiger partial charge is 0.493 e. The lowest BCUT2D eigenvalue weighted by atomic mass is 10.2. The normalized spacial score (nSPS) is 10.5. The number of hydrogen-bond donors (Lipinski definition) is 1. The molecule has 0 aliphatic heterocycles. The van der Waals surface area contributed by atoms with Gasteiger partial charge in [0.2, 0.25) is 0 Å². The fourth-order valence-corrected chi connectivity index (χ4v) is 2.08. The van der Waals surface area contributed by atoms with Gasteiger partial charge in [-0.15, -0.1) is 0 Å². The van der Waals surface area contributed by atoms with Crippen LogP contribution in [0.3, 0.4) is 0 Å². The molecule has 3 nitrogen and oxygen atoms in total. The molecule has 0 bridgehead atoms. The Morgan fingerprint density at radius 2 is 1.95 bits per heavy atom. The molecule has 1 aromatic carbocycles. The highest BCUT2D eigenvalue weighted by atomic mass is 35.5. The molecule has 4 heteroatoms. The molecular weight excluding hydrogens is 262 g/mol. The smallest absolute Gasteiger partial charge is 0.162 e. The summed E-state index contributed by atoms with van der Waals surface area (Å²) >= 11 is 6.24. The third-order valence-electron chi connectivity index (χ3n) is 2.91. The van der Waals surface area contributed by atoms with E-state index in [1.54, 1.807) is 7.11 Å². The highest BCUT2D eigenvalue weighted by Gasteiger charge is 2.09. The van der Waals surface area contributed by atoms with Crippen LogP contribution in [0.1, 0.15) is 38.7 Å². The standard InChI is InChI=1S/C15H24ClNO2/c1-4-6-7-8-17-11-12-9-15(19-5-2)14(18-3)10-13(12)16/h9-10,17H,4-8,11H2,1-3H3. The fourth-order valence-electron chi connectivity index (χ4n) is 1.86. The van der Waals surface area contributed by atoms with Crippen LogP contribution in [0.4, 0.5) is 0 Å². The number of rotatable bonds is 9. The van der Waals surface area contributed by atoms with E-state index in [1.807, 2.05) is 19.1 Å². The number of halogens is 1. The first kappa shape index (κ1) is 16.1. The number of ether oxygens (including phenoxy) is 2. The number of hydrogen-bond acceptors (Lipinski definition) is 3. The molecule has 0 unspecified atom stereocenters. The molecule has 19 heavy (non-hydrogen) atoms. The van der Waals surface area contributed by atoms with Crippen molar-refractivity contribution < 1.29 is 9.47 Å². The van der Waals surface area contributed by atoms with E-state index in [0.717, 1.165) is 24.4 Å². The summed E-state index contributed by atoms with van der Waals surface area (Å²) in [5, 5.41) is 4.11. The Labute approximate surface area is 121 Å². The van der Waals surface area contributed by atoms with Crippen molar-refractivity contribution in [3.05, 3.63) is 22.7 Å². The molecule has 0 aliphatic rings. The average Bonchev–Trinajstić information content (AvgIpc) is 2.41. The van der Waals surface area contributed by atoms with Crippen molar-refractivity contribution >= 4 is 11.6 Å². The molecule has 0 saturated heterocycles. The average molecular weight is 286 g/mol. The van der Waals surface area contributed by atoms with Gasteiger partial charge in [0, 0.05) is 17.6 Å². The van der Waals surface area contributed by atoms with Gasteiger partial charge in [-0.1, -0.05) is 31.4 Å². The van der Waals surface area contributed by atoms with Crippen LogP contribution in [-0.2, 0) is 6.54 Å². The summed E-state index contributed by atoms with van der Waals surface area (Å²) < 4.78 is 10.8. The van der Waals surface area contributed by atoms with Crippen LogP contribution in [0.5, 0.6) is 11.5 Å². The van der Waals surface area contributed by atoms with Gasteiger partial charge >= 0.3 is 0 Å². The van der Waals surface area contributed by atoms with Crippen molar-refractivity contribution in [1.82, 2.24) is 5.32 Å². The summed E-state index contributed by atoms with van der Waals surface area (Å²) in [6, 6.07) is 3.77. The van der Waals surface area contributed by atoms with Crippen molar-refractivity contribution in [1.29, 1.82) is 0 Å². The van der Waals surface area contributed by atoms with E-state index in [1.165, 1.54) is 19.3 Å². The molecule has 0 heterocycles. The summed E-state index contributed by atoms with van der Waals surface area (Å²) in [4.78, 5) is 0. The Morgan fingerprint density at radius 3 is 2.58 bits per heavy atom. The zero-order valence-corrected chi connectivity index (χ0v) is 12.8. The van der Waals surface area contributed by atoms with E-state index in [9.17, 15) is 0 Å². The SMILES string of the molecule is CCCCCNCc1cc(OCC)c(OC)cc1Cl. The van der Waals surface area contributed by atoms with Gasteiger partial charge in [0.1, 0.15) is 0 Å². The van der Waals surface area contributed by atoms with Gasteiger partial charge < -0.3 is 14.8 Å². The molecule has 1 rings (SSSR count). The lowest BCUT2D eigenvalue weighted by Gasteiger charge is -2.13. The molecule has 108 valence electrons. The summed E-state index contributed by atoms with van der Waals surface area (Å²) in [6.07, 6.45) is 3.69. The van der Waals surface area contributed by atoms with Gasteiger partial charge in [0.05, 0.1) is 13.7 Å². The van der Waals surface area contributed by atoms with Crippen LogP contribution >= 0.6 is 11.6 Å². The molecule has 1 aromatic rings. The van der Waals surface area contributed by atoms with Gasteiger partial charge in [0.25, 0.3) is 0 Å². The lowest BCUT2D eigenvalue weighted by molar-refractivity contribution is 0.310. The predicted octanol–water partition coefficient (Wildman–Crippen LogP) is 4.03. The summed E-state index contributed by atoms with van der Waals surface area (Å²) in [5.74, 6) is 1.43. The van der Waals surface area contributed by atoms with Crippen molar-refractivity contribution in [2.75, 3.05) is 20.3 Å². The lowest BCUT2D eigenvalue weighted by Crippen LogP contribution is -2.15. The second-order valence-electron chi connectivity index (χ2n) is 4.41. The van der Waals surface area contributed by atoms with E-state index in [0.29, 0.717) is 17.4 Å². The van der Waals surface area contributed by atoms with E-state index < -0.39 is 0 Å². The third-order valence-corrected chi connectivity index (χ3v) is 3.26. The van der Waals surface area contributed by atoms with Gasteiger partial charge in [-0.25, -0.2) is 0 Å². The topological polar surface area (TPSA) is 30.5 Å². The van der Waals surface area contributed by atoms with E-state index >= 15 is 0 Å². The van der Waals surface area contributed by atoms with E-state index in [2.05, 4.69) is 12.2 Å². The predicted molar refractivity (Wildman–Crippen MR) is 80.4 cm³/mol. The number of unbranched alkanes of at least 4 members (excludes halogenated alkanes) is 2. The Bertz CT molecular complexity index is 383. The number of nitrogens with one attached hydrogen (secondary N) is 1. The minimum absolute atomic E-state index is 0.612. The summed E-state index contributed by atoms with van der Waals surface area (Å²) in [6.45, 7) is 6.54. The zero-order chi connectivity index (χ0) is 14.1. The fraction of sp³-hybridized carbons (Fsp3) is 0.600. The van der Waals surface area contributed by atoms with E-state index in [4.69, 9.17) is 21.1 Å². The second kappa shape index (κ2) is 9.05. The molecular formula is C15H24ClNO2. The maximum absolute atomic E-state index is 6.24. The van der Waals surface area contributed by atoms with Crippen molar-refractivity contribution in [2.24, 2.45) is 0 Å². The van der Waals surface area contributed by atoms with Crippen LogP contribution in [-0.4, -0.2) is 20.3 Å². The maximum Gasteiger partial charge on any atom is 0.162 e. The molecule has 0 fully saturated rings. The Kier molecular flexibility index (Phi) is 7.68. The van der Waals surface area contributed by atoms with Crippen molar-refractivity contribution in [3.8, 4) is 11.5 Å². The molecule has 0 spiro atoms. The highest BCUT2D eigenvalue weighted by molar-refractivity contribution is 6.31. The summed E-state index contributed by atoms with van der Waals surface area (Å²) in [5.41, 5.74) is 1.04. The molecule has 0 atom stereocenters. The minimum Gasteiger partial charge on any atom is -0.493 e. The van der Waals surface area contributed by atoms with Gasteiger partial charge in [-0.3, -0.25) is 0 Å². The minimum atomic E-state index is 0.612. The van der Waals surface area contributed by atoms with Crippen LogP contribution in [0.15, 0.2) is 12.1 Å².